The lowest BCUT2D eigenvalue weighted by Gasteiger charge is -2.36. The van der Waals surface area contributed by atoms with Crippen molar-refractivity contribution >= 4 is 21.5 Å². The second-order valence-corrected chi connectivity index (χ2v) is 10.3. The lowest BCUT2D eigenvalue weighted by atomic mass is 10.2. The number of hydrogen-bond acceptors (Lipinski definition) is 5. The third-order valence-corrected chi connectivity index (χ3v) is 7.33. The topological polar surface area (TPSA) is 77.0 Å². The normalized spacial score (nSPS) is 22.6. The minimum atomic E-state index is -2.88. The second kappa shape index (κ2) is 10.3. The molecule has 2 fully saturated rings. The summed E-state index contributed by atoms with van der Waals surface area (Å²) in [4.78, 5) is 9.61. The third kappa shape index (κ3) is 6.89. The Hall–Kier alpha value is -1.80. The van der Waals surface area contributed by atoms with Gasteiger partial charge in [-0.05, 0) is 44.4 Å². The smallest absolute Gasteiger partial charge is 0.191 e. The van der Waals surface area contributed by atoms with E-state index in [9.17, 15) is 8.42 Å². The van der Waals surface area contributed by atoms with Gasteiger partial charge in [-0.2, -0.15) is 0 Å². The number of benzene rings is 1. The van der Waals surface area contributed by atoms with Crippen LogP contribution in [0.1, 0.15) is 25.3 Å². The van der Waals surface area contributed by atoms with Crippen molar-refractivity contribution in [3.8, 4) is 0 Å². The largest absolute Gasteiger partial charge is 0.369 e. The maximum absolute atomic E-state index is 11.6. The quantitative estimate of drug-likeness (QED) is 0.392. The monoisotopic (exact) mass is 421 g/mol. The van der Waals surface area contributed by atoms with Gasteiger partial charge in [-0.1, -0.05) is 12.1 Å². The van der Waals surface area contributed by atoms with Crippen LogP contribution >= 0.6 is 0 Å². The molecule has 2 heterocycles. The van der Waals surface area contributed by atoms with Gasteiger partial charge in [0.15, 0.2) is 15.8 Å². The van der Waals surface area contributed by atoms with Gasteiger partial charge in [-0.25, -0.2) is 8.42 Å². The minimum Gasteiger partial charge on any atom is -0.369 e. The molecule has 0 radical (unpaired) electrons. The van der Waals surface area contributed by atoms with Crippen LogP contribution in [-0.4, -0.2) is 82.6 Å². The van der Waals surface area contributed by atoms with Gasteiger partial charge >= 0.3 is 0 Å². The van der Waals surface area contributed by atoms with E-state index in [4.69, 9.17) is 0 Å². The van der Waals surface area contributed by atoms with Crippen LogP contribution in [0.15, 0.2) is 29.3 Å². The summed E-state index contributed by atoms with van der Waals surface area (Å²) in [5.74, 6) is 1.22. The summed E-state index contributed by atoms with van der Waals surface area (Å²) in [6.07, 6.45) is 1.67. The Kier molecular flexibility index (Phi) is 7.77. The van der Waals surface area contributed by atoms with Crippen molar-refractivity contribution in [2.45, 2.75) is 32.7 Å². The Morgan fingerprint density at radius 2 is 2.03 bits per heavy atom. The third-order valence-electron chi connectivity index (χ3n) is 5.56. The highest BCUT2D eigenvalue weighted by molar-refractivity contribution is 7.91. The molecular formula is C21H35N5O2S. The first kappa shape index (κ1) is 21.9. The predicted octanol–water partition coefficient (Wildman–Crippen LogP) is 1.25. The summed E-state index contributed by atoms with van der Waals surface area (Å²) < 4.78 is 23.3. The number of nitrogens with one attached hydrogen (secondary N) is 2. The molecule has 0 aromatic heterocycles. The second-order valence-electron chi connectivity index (χ2n) is 8.03. The lowest BCUT2D eigenvalue weighted by molar-refractivity contribution is 0.256. The SMILES string of the molecule is CCNC(=NCCCN1CCN(c2cccc(C)c2)CC1)NC1CCS(=O)(=O)C1. The maximum atomic E-state index is 11.6. The van der Waals surface area contributed by atoms with Crippen molar-refractivity contribution in [1.82, 2.24) is 15.5 Å². The Labute approximate surface area is 175 Å². The van der Waals surface area contributed by atoms with Crippen molar-refractivity contribution < 1.29 is 8.42 Å². The van der Waals surface area contributed by atoms with Crippen molar-refractivity contribution in [2.24, 2.45) is 4.99 Å². The first-order chi connectivity index (χ1) is 13.9. The van der Waals surface area contributed by atoms with E-state index in [0.29, 0.717) is 6.42 Å². The first-order valence-electron chi connectivity index (χ1n) is 10.7. The van der Waals surface area contributed by atoms with E-state index in [-0.39, 0.29) is 17.5 Å². The molecule has 1 atom stereocenters. The van der Waals surface area contributed by atoms with Crippen LogP contribution in [-0.2, 0) is 9.84 Å². The summed E-state index contributed by atoms with van der Waals surface area (Å²) in [6.45, 7) is 11.0. The number of guanidine groups is 1. The average molecular weight is 422 g/mol. The molecule has 0 amide bonds. The highest BCUT2D eigenvalue weighted by Crippen LogP contribution is 2.17. The molecule has 1 unspecified atom stereocenters. The molecule has 0 bridgehead atoms. The van der Waals surface area contributed by atoms with E-state index in [1.807, 2.05) is 6.92 Å². The fraction of sp³-hybridized carbons (Fsp3) is 0.667. The highest BCUT2D eigenvalue weighted by atomic mass is 32.2. The van der Waals surface area contributed by atoms with Crippen LogP contribution < -0.4 is 15.5 Å². The summed E-state index contributed by atoms with van der Waals surface area (Å²) in [6, 6.07) is 8.71. The van der Waals surface area contributed by atoms with Gasteiger partial charge in [-0.15, -0.1) is 0 Å². The zero-order valence-electron chi connectivity index (χ0n) is 17.7. The summed E-state index contributed by atoms with van der Waals surface area (Å²) in [5, 5.41) is 6.51. The number of sulfone groups is 1. The molecule has 162 valence electrons. The van der Waals surface area contributed by atoms with Crippen molar-refractivity contribution in [1.29, 1.82) is 0 Å². The van der Waals surface area contributed by atoms with Crippen LogP contribution in [0.2, 0.25) is 0 Å². The van der Waals surface area contributed by atoms with E-state index >= 15 is 0 Å². The van der Waals surface area contributed by atoms with Crippen LogP contribution in [0.3, 0.4) is 0 Å². The number of aryl methyl sites for hydroxylation is 1. The van der Waals surface area contributed by atoms with Crippen LogP contribution in [0.25, 0.3) is 0 Å². The van der Waals surface area contributed by atoms with Crippen LogP contribution in [0.4, 0.5) is 5.69 Å². The number of anilines is 1. The fourth-order valence-electron chi connectivity index (χ4n) is 3.96. The molecule has 3 rings (SSSR count). The summed E-state index contributed by atoms with van der Waals surface area (Å²) >= 11 is 0. The van der Waals surface area contributed by atoms with Crippen molar-refractivity contribution in [3.63, 3.8) is 0 Å². The highest BCUT2D eigenvalue weighted by Gasteiger charge is 2.28. The molecule has 0 saturated carbocycles. The Morgan fingerprint density at radius 3 is 2.69 bits per heavy atom. The lowest BCUT2D eigenvalue weighted by Crippen LogP contribution is -2.47. The van der Waals surface area contributed by atoms with Crippen LogP contribution in [0.5, 0.6) is 0 Å². The van der Waals surface area contributed by atoms with Gasteiger partial charge < -0.3 is 15.5 Å². The van der Waals surface area contributed by atoms with E-state index in [0.717, 1.165) is 58.2 Å². The molecule has 29 heavy (non-hydrogen) atoms. The zero-order chi connectivity index (χ0) is 20.7. The van der Waals surface area contributed by atoms with E-state index < -0.39 is 9.84 Å². The molecule has 2 saturated heterocycles. The number of rotatable bonds is 7. The number of piperazine rings is 1. The maximum Gasteiger partial charge on any atom is 0.191 e. The Bertz CT molecular complexity index is 788. The van der Waals surface area contributed by atoms with Gasteiger partial charge in [0, 0.05) is 57.5 Å². The zero-order valence-corrected chi connectivity index (χ0v) is 18.5. The van der Waals surface area contributed by atoms with Crippen LogP contribution in [0, 0.1) is 6.92 Å². The van der Waals surface area contributed by atoms with Crippen molar-refractivity contribution in [3.05, 3.63) is 29.8 Å². The molecule has 2 aliphatic heterocycles. The molecular weight excluding hydrogens is 386 g/mol. The number of aliphatic imine (C=N–C) groups is 1. The van der Waals surface area contributed by atoms with E-state index in [1.165, 1.54) is 11.3 Å². The van der Waals surface area contributed by atoms with E-state index in [2.05, 4.69) is 56.6 Å². The minimum absolute atomic E-state index is 0.0208. The summed E-state index contributed by atoms with van der Waals surface area (Å²) in [5.41, 5.74) is 2.63. The molecule has 0 spiro atoms. The average Bonchev–Trinajstić information content (AvgIpc) is 3.04. The van der Waals surface area contributed by atoms with E-state index in [1.54, 1.807) is 0 Å². The summed E-state index contributed by atoms with van der Waals surface area (Å²) in [7, 11) is -2.88. The first-order valence-corrected chi connectivity index (χ1v) is 12.6. The molecule has 8 heteroatoms. The van der Waals surface area contributed by atoms with Gasteiger partial charge in [0.2, 0.25) is 0 Å². The molecule has 1 aromatic carbocycles. The number of nitrogens with zero attached hydrogens (tertiary/aromatic N) is 3. The fourth-order valence-corrected chi connectivity index (χ4v) is 5.64. The van der Waals surface area contributed by atoms with Gasteiger partial charge in [-0.3, -0.25) is 9.89 Å². The molecule has 1 aromatic rings. The molecule has 0 aliphatic carbocycles. The molecule has 7 nitrogen and oxygen atoms in total. The molecule has 2 aliphatic rings. The Balaban J connectivity index is 1.38. The standard InChI is InChI=1S/C21H35N5O2S/c1-3-22-21(24-19-8-15-29(27,28)17-19)23-9-5-10-25-11-13-26(14-12-25)20-7-4-6-18(2)16-20/h4,6-7,16,19H,3,5,8-15,17H2,1-2H3,(H2,22,23,24). The molecule has 2 N–H and O–H groups in total. The predicted molar refractivity (Wildman–Crippen MR) is 121 cm³/mol. The van der Waals surface area contributed by atoms with Gasteiger partial charge in [0.25, 0.3) is 0 Å². The van der Waals surface area contributed by atoms with Gasteiger partial charge in [0.05, 0.1) is 11.5 Å². The Morgan fingerprint density at radius 1 is 1.24 bits per heavy atom. The van der Waals surface area contributed by atoms with Crippen molar-refractivity contribution in [2.75, 3.05) is 62.2 Å². The van der Waals surface area contributed by atoms with Gasteiger partial charge in [0.1, 0.15) is 0 Å². The number of hydrogen-bond donors (Lipinski definition) is 2.